The Morgan fingerprint density at radius 1 is 1.18 bits per heavy atom. The van der Waals surface area contributed by atoms with Crippen LogP contribution in [0.1, 0.15) is 5.56 Å². The molecule has 0 bridgehead atoms. The molecule has 2 aromatic carbocycles. The van der Waals surface area contributed by atoms with E-state index in [0.717, 1.165) is 16.8 Å². The highest BCUT2D eigenvalue weighted by Crippen LogP contribution is 2.26. The Morgan fingerprint density at radius 2 is 1.91 bits per heavy atom. The molecule has 3 aromatic rings. The first kappa shape index (κ1) is 14.2. The van der Waals surface area contributed by atoms with Crippen LogP contribution in [0.3, 0.4) is 0 Å². The predicted octanol–water partition coefficient (Wildman–Crippen LogP) is 3.80. The number of rotatable bonds is 3. The van der Waals surface area contributed by atoms with Crippen LogP contribution in [0.15, 0.2) is 48.8 Å². The molecule has 0 aliphatic rings. The summed E-state index contributed by atoms with van der Waals surface area (Å²) < 4.78 is 1.67. The van der Waals surface area contributed by atoms with Crippen molar-refractivity contribution in [2.75, 3.05) is 0 Å². The number of nitrogens with zero attached hydrogens (tertiary/aromatic N) is 4. The van der Waals surface area contributed by atoms with Gasteiger partial charge in [-0.3, -0.25) is 10.1 Å². The molecule has 0 aliphatic carbocycles. The minimum absolute atomic E-state index is 0.0359. The van der Waals surface area contributed by atoms with Gasteiger partial charge in [-0.25, -0.2) is 9.67 Å². The zero-order chi connectivity index (χ0) is 15.7. The maximum Gasteiger partial charge on any atom is 0.269 e. The number of aromatic nitrogens is 3. The zero-order valence-corrected chi connectivity index (χ0v) is 12.4. The molecule has 22 heavy (non-hydrogen) atoms. The highest BCUT2D eigenvalue weighted by Gasteiger charge is 2.13. The lowest BCUT2D eigenvalue weighted by Crippen LogP contribution is -2.02. The largest absolute Gasteiger partial charge is 0.269 e. The van der Waals surface area contributed by atoms with Gasteiger partial charge in [0.05, 0.1) is 10.6 Å². The van der Waals surface area contributed by atoms with Gasteiger partial charge >= 0.3 is 0 Å². The van der Waals surface area contributed by atoms with Crippen molar-refractivity contribution in [1.29, 1.82) is 0 Å². The van der Waals surface area contributed by atoms with E-state index >= 15 is 0 Å². The molecule has 110 valence electrons. The summed E-state index contributed by atoms with van der Waals surface area (Å²) in [4.78, 5) is 14.5. The summed E-state index contributed by atoms with van der Waals surface area (Å²) in [6.45, 7) is 1.90. The summed E-state index contributed by atoms with van der Waals surface area (Å²) in [5.41, 5.74) is 2.48. The Morgan fingerprint density at radius 3 is 2.59 bits per heavy atom. The lowest BCUT2D eigenvalue weighted by molar-refractivity contribution is -0.384. The summed E-state index contributed by atoms with van der Waals surface area (Å²) in [6.07, 6.45) is 1.44. The van der Waals surface area contributed by atoms with Crippen LogP contribution in [0, 0.1) is 17.0 Å². The van der Waals surface area contributed by atoms with Gasteiger partial charge < -0.3 is 0 Å². The molecule has 0 radical (unpaired) electrons. The van der Waals surface area contributed by atoms with Gasteiger partial charge in [-0.2, -0.15) is 5.10 Å². The van der Waals surface area contributed by atoms with Crippen LogP contribution in [-0.4, -0.2) is 19.7 Å². The third-order valence-electron chi connectivity index (χ3n) is 3.35. The average Bonchev–Trinajstić information content (AvgIpc) is 2.99. The first-order chi connectivity index (χ1) is 10.6. The van der Waals surface area contributed by atoms with Gasteiger partial charge in [-0.1, -0.05) is 17.7 Å². The van der Waals surface area contributed by atoms with Gasteiger partial charge in [0.25, 0.3) is 5.69 Å². The lowest BCUT2D eigenvalue weighted by atomic mass is 10.1. The van der Waals surface area contributed by atoms with E-state index in [1.165, 1.54) is 18.5 Å². The molecular weight excluding hydrogens is 304 g/mol. The van der Waals surface area contributed by atoms with E-state index in [1.54, 1.807) is 16.8 Å². The summed E-state index contributed by atoms with van der Waals surface area (Å²) >= 11 is 6.15. The molecule has 6 nitrogen and oxygen atoms in total. The van der Waals surface area contributed by atoms with E-state index in [9.17, 15) is 10.1 Å². The quantitative estimate of drug-likeness (QED) is 0.544. The minimum atomic E-state index is -0.435. The lowest BCUT2D eigenvalue weighted by Gasteiger charge is -2.10. The number of hydrogen-bond acceptors (Lipinski definition) is 4. The number of halogens is 1. The second-order valence-electron chi connectivity index (χ2n) is 4.68. The highest BCUT2D eigenvalue weighted by molar-refractivity contribution is 6.31. The Hall–Kier alpha value is -2.73. The van der Waals surface area contributed by atoms with Crippen molar-refractivity contribution in [3.63, 3.8) is 0 Å². The monoisotopic (exact) mass is 314 g/mol. The van der Waals surface area contributed by atoms with Crippen molar-refractivity contribution in [2.45, 2.75) is 6.92 Å². The second kappa shape index (κ2) is 5.57. The minimum Gasteiger partial charge on any atom is -0.258 e. The molecule has 7 heteroatoms. The van der Waals surface area contributed by atoms with Crippen LogP contribution < -0.4 is 0 Å². The molecule has 0 fully saturated rings. The van der Waals surface area contributed by atoms with Crippen molar-refractivity contribution in [2.24, 2.45) is 0 Å². The molecule has 0 unspecified atom stereocenters. The standard InChI is InChI=1S/C15H11ClN4O2/c1-10-13(16)3-2-4-14(10)19-15(17-9-18-19)11-5-7-12(8-6-11)20(21)22/h2-9H,1H3. The molecular formula is C15H11ClN4O2. The van der Waals surface area contributed by atoms with Crippen LogP contribution in [0.2, 0.25) is 5.02 Å². The summed E-state index contributed by atoms with van der Waals surface area (Å²) in [6, 6.07) is 11.7. The number of nitro groups is 1. The van der Waals surface area contributed by atoms with Crippen molar-refractivity contribution in [1.82, 2.24) is 14.8 Å². The summed E-state index contributed by atoms with van der Waals surface area (Å²) in [7, 11) is 0. The normalized spacial score (nSPS) is 10.6. The molecule has 0 atom stereocenters. The molecule has 1 aromatic heterocycles. The van der Waals surface area contributed by atoms with Gasteiger partial charge in [-0.15, -0.1) is 0 Å². The maximum absolute atomic E-state index is 10.7. The molecule has 0 spiro atoms. The van der Waals surface area contributed by atoms with Crippen LogP contribution in [0.25, 0.3) is 17.1 Å². The zero-order valence-electron chi connectivity index (χ0n) is 11.6. The molecule has 0 aliphatic heterocycles. The number of benzene rings is 2. The van der Waals surface area contributed by atoms with Gasteiger partial charge in [0.2, 0.25) is 0 Å². The molecule has 0 N–H and O–H groups in total. The molecule has 1 heterocycles. The van der Waals surface area contributed by atoms with Crippen molar-refractivity contribution < 1.29 is 4.92 Å². The van der Waals surface area contributed by atoms with Gasteiger partial charge in [0.1, 0.15) is 6.33 Å². The number of nitro benzene ring substituents is 1. The van der Waals surface area contributed by atoms with E-state index in [4.69, 9.17) is 11.6 Å². The number of non-ortho nitro benzene ring substituents is 1. The van der Waals surface area contributed by atoms with Crippen LogP contribution in [0.4, 0.5) is 5.69 Å². The Kier molecular flexibility index (Phi) is 3.60. The molecule has 0 saturated heterocycles. The van der Waals surface area contributed by atoms with Crippen molar-refractivity contribution in [3.8, 4) is 17.1 Å². The van der Waals surface area contributed by atoms with E-state index in [0.29, 0.717) is 10.8 Å². The van der Waals surface area contributed by atoms with Gasteiger partial charge in [0, 0.05) is 22.7 Å². The summed E-state index contributed by atoms with van der Waals surface area (Å²) in [5.74, 6) is 0.597. The van der Waals surface area contributed by atoms with Gasteiger partial charge in [0.15, 0.2) is 5.82 Å². The molecule has 0 saturated carbocycles. The van der Waals surface area contributed by atoms with E-state index in [1.807, 2.05) is 25.1 Å². The molecule has 0 amide bonds. The van der Waals surface area contributed by atoms with Gasteiger partial charge in [-0.05, 0) is 36.8 Å². The first-order valence-electron chi connectivity index (χ1n) is 6.48. The topological polar surface area (TPSA) is 73.8 Å². The fourth-order valence-corrected chi connectivity index (χ4v) is 2.34. The Balaban J connectivity index is 2.09. The smallest absolute Gasteiger partial charge is 0.258 e. The summed E-state index contributed by atoms with van der Waals surface area (Å²) in [5, 5.41) is 15.6. The highest BCUT2D eigenvalue weighted by atomic mass is 35.5. The van der Waals surface area contributed by atoms with Crippen LogP contribution >= 0.6 is 11.6 Å². The third kappa shape index (κ3) is 2.44. The first-order valence-corrected chi connectivity index (χ1v) is 6.86. The Labute approximate surface area is 131 Å². The third-order valence-corrected chi connectivity index (χ3v) is 3.76. The van der Waals surface area contributed by atoms with Crippen molar-refractivity contribution in [3.05, 3.63) is 69.5 Å². The van der Waals surface area contributed by atoms with E-state index in [-0.39, 0.29) is 5.69 Å². The van der Waals surface area contributed by atoms with E-state index < -0.39 is 4.92 Å². The predicted molar refractivity (Wildman–Crippen MR) is 83.2 cm³/mol. The van der Waals surface area contributed by atoms with Crippen LogP contribution in [-0.2, 0) is 0 Å². The fraction of sp³-hybridized carbons (Fsp3) is 0.0667. The van der Waals surface area contributed by atoms with E-state index in [2.05, 4.69) is 10.1 Å². The second-order valence-corrected chi connectivity index (χ2v) is 5.09. The van der Waals surface area contributed by atoms with Crippen molar-refractivity contribution >= 4 is 17.3 Å². The molecule has 3 rings (SSSR count). The number of hydrogen-bond donors (Lipinski definition) is 0. The maximum atomic E-state index is 10.7. The van der Waals surface area contributed by atoms with Crippen LogP contribution in [0.5, 0.6) is 0 Å². The fourth-order valence-electron chi connectivity index (χ4n) is 2.17. The SMILES string of the molecule is Cc1c(Cl)cccc1-n1ncnc1-c1ccc([N+](=O)[O-])cc1. The Bertz CT molecular complexity index is 843. The average molecular weight is 315 g/mol.